The summed E-state index contributed by atoms with van der Waals surface area (Å²) in [6.45, 7) is 3.50. The Morgan fingerprint density at radius 2 is 1.88 bits per heavy atom. The minimum absolute atomic E-state index is 0.0332. The number of nitrogens with zero attached hydrogens (tertiary/aromatic N) is 1. The predicted molar refractivity (Wildman–Crippen MR) is 106 cm³/mol. The van der Waals surface area contributed by atoms with Crippen LogP contribution in [-0.2, 0) is 11.3 Å². The van der Waals surface area contributed by atoms with E-state index in [0.29, 0.717) is 6.54 Å². The van der Waals surface area contributed by atoms with Gasteiger partial charge in [0.25, 0.3) is 5.91 Å². The lowest BCUT2D eigenvalue weighted by atomic mass is 10.1. The van der Waals surface area contributed by atoms with Crippen LogP contribution in [0.15, 0.2) is 36.4 Å². The lowest BCUT2D eigenvalue weighted by molar-refractivity contribution is -0.884. The largest absolute Gasteiger partial charge is 0.372 e. The number of hydrogen-bond donors (Lipinski definition) is 2. The molecule has 1 aromatic heterocycles. The zero-order valence-corrected chi connectivity index (χ0v) is 16.1. The lowest BCUT2D eigenvalue weighted by Crippen LogP contribution is -3.08. The van der Waals surface area contributed by atoms with Gasteiger partial charge in [-0.1, -0.05) is 11.6 Å². The van der Waals surface area contributed by atoms with E-state index in [2.05, 4.69) is 22.3 Å². The van der Waals surface area contributed by atoms with E-state index in [4.69, 9.17) is 11.6 Å². The highest BCUT2D eigenvalue weighted by molar-refractivity contribution is 7.16. The Labute approximate surface area is 158 Å². The van der Waals surface area contributed by atoms with Crippen LogP contribution in [-0.4, -0.2) is 32.6 Å². The molecule has 2 heterocycles. The molecule has 1 saturated heterocycles. The number of carbonyl (C=O) groups is 1. The van der Waals surface area contributed by atoms with Crippen LogP contribution in [0.4, 0.5) is 11.4 Å². The van der Waals surface area contributed by atoms with Crippen molar-refractivity contribution in [1.82, 2.24) is 0 Å². The van der Waals surface area contributed by atoms with E-state index in [1.165, 1.54) is 29.8 Å². The van der Waals surface area contributed by atoms with Crippen molar-refractivity contribution in [2.24, 2.45) is 0 Å². The number of hydrogen-bond acceptors (Lipinski definition) is 3. The van der Waals surface area contributed by atoms with E-state index in [1.807, 2.05) is 31.3 Å². The zero-order valence-electron chi connectivity index (χ0n) is 14.6. The monoisotopic (exact) mass is 378 g/mol. The Morgan fingerprint density at radius 3 is 2.52 bits per heavy atom. The van der Waals surface area contributed by atoms with E-state index in [-0.39, 0.29) is 5.91 Å². The van der Waals surface area contributed by atoms with Crippen LogP contribution in [0.5, 0.6) is 0 Å². The van der Waals surface area contributed by atoms with Crippen LogP contribution in [0.2, 0.25) is 4.34 Å². The Kier molecular flexibility index (Phi) is 6.34. The molecule has 1 aliphatic heterocycles. The number of amides is 1. The summed E-state index contributed by atoms with van der Waals surface area (Å²) in [5.74, 6) is 0.0332. The van der Waals surface area contributed by atoms with E-state index >= 15 is 0 Å². The summed E-state index contributed by atoms with van der Waals surface area (Å²) in [6, 6.07) is 12.1. The topological polar surface area (TPSA) is 36.8 Å². The number of carbonyl (C=O) groups excluding carboxylic acids is 1. The molecule has 0 saturated carbocycles. The second-order valence-corrected chi connectivity index (χ2v) is 8.46. The minimum Gasteiger partial charge on any atom is -0.372 e. The molecule has 4 nitrogen and oxygen atoms in total. The maximum atomic E-state index is 12.2. The predicted octanol–water partition coefficient (Wildman–Crippen LogP) is 3.05. The average Bonchev–Trinajstić information content (AvgIpc) is 3.01. The first-order valence-electron chi connectivity index (χ1n) is 8.80. The molecule has 1 unspecified atom stereocenters. The fourth-order valence-corrected chi connectivity index (χ4v) is 4.40. The molecule has 3 rings (SSSR count). The molecule has 1 atom stereocenters. The van der Waals surface area contributed by atoms with Gasteiger partial charge in [0, 0.05) is 24.5 Å². The molecular weight excluding hydrogens is 354 g/mol. The fourth-order valence-electron chi connectivity index (χ4n) is 3.19. The SMILES string of the molecule is C[NH+](CC(=O)Nc1ccc(N2CCCCC2)cc1)Cc1ccc(Cl)s1. The second-order valence-electron chi connectivity index (χ2n) is 6.66. The summed E-state index contributed by atoms with van der Waals surface area (Å²) in [4.78, 5) is 17.0. The number of halogens is 1. The summed E-state index contributed by atoms with van der Waals surface area (Å²) >= 11 is 7.52. The molecule has 2 aromatic rings. The van der Waals surface area contributed by atoms with Crippen molar-refractivity contribution in [3.05, 3.63) is 45.6 Å². The van der Waals surface area contributed by atoms with Crippen LogP contribution in [0.3, 0.4) is 0 Å². The zero-order chi connectivity index (χ0) is 17.6. The van der Waals surface area contributed by atoms with Crippen LogP contribution in [0, 0.1) is 0 Å². The van der Waals surface area contributed by atoms with E-state index in [9.17, 15) is 4.79 Å². The highest BCUT2D eigenvalue weighted by atomic mass is 35.5. The molecule has 6 heteroatoms. The normalized spacial score (nSPS) is 15.8. The third kappa shape index (κ3) is 5.46. The first-order valence-corrected chi connectivity index (χ1v) is 10.00. The standard InChI is InChI=1S/C19H24ClN3OS/c1-22(13-17-9-10-18(20)25-17)14-19(24)21-15-5-7-16(8-6-15)23-11-3-2-4-12-23/h5-10H,2-4,11-14H2,1H3,(H,21,24)/p+1. The molecule has 0 bridgehead atoms. The molecule has 2 N–H and O–H groups in total. The first-order chi connectivity index (χ1) is 12.1. The number of quaternary nitrogens is 1. The number of piperidine rings is 1. The number of rotatable bonds is 6. The van der Waals surface area contributed by atoms with Gasteiger partial charge in [-0.05, 0) is 55.7 Å². The number of thiophene rings is 1. The Balaban J connectivity index is 1.48. The van der Waals surface area contributed by atoms with Gasteiger partial charge in [-0.25, -0.2) is 0 Å². The molecule has 1 amide bonds. The summed E-state index contributed by atoms with van der Waals surface area (Å²) in [6.07, 6.45) is 3.87. The van der Waals surface area contributed by atoms with Crippen LogP contribution in [0.1, 0.15) is 24.1 Å². The van der Waals surface area contributed by atoms with Crippen LogP contribution < -0.4 is 15.1 Å². The van der Waals surface area contributed by atoms with Gasteiger partial charge < -0.3 is 15.1 Å². The number of likely N-dealkylation sites (N-methyl/N-ethyl adjacent to an activating group) is 1. The van der Waals surface area contributed by atoms with Gasteiger partial charge in [0.15, 0.2) is 6.54 Å². The Morgan fingerprint density at radius 1 is 1.16 bits per heavy atom. The number of nitrogens with one attached hydrogen (secondary N) is 2. The van der Waals surface area contributed by atoms with Gasteiger partial charge in [-0.3, -0.25) is 4.79 Å². The molecule has 0 aliphatic carbocycles. The van der Waals surface area contributed by atoms with E-state index in [0.717, 1.165) is 34.6 Å². The number of anilines is 2. The van der Waals surface area contributed by atoms with Crippen LogP contribution >= 0.6 is 22.9 Å². The smallest absolute Gasteiger partial charge is 0.279 e. The molecule has 25 heavy (non-hydrogen) atoms. The first kappa shape index (κ1) is 18.2. The van der Waals surface area contributed by atoms with Gasteiger partial charge in [-0.2, -0.15) is 0 Å². The van der Waals surface area contributed by atoms with Crippen molar-refractivity contribution in [3.63, 3.8) is 0 Å². The summed E-state index contributed by atoms with van der Waals surface area (Å²) in [7, 11) is 2.02. The molecule has 1 aromatic carbocycles. The van der Waals surface area contributed by atoms with E-state index < -0.39 is 0 Å². The minimum atomic E-state index is 0.0332. The van der Waals surface area contributed by atoms with Gasteiger partial charge >= 0.3 is 0 Å². The van der Waals surface area contributed by atoms with Gasteiger partial charge in [-0.15, -0.1) is 11.3 Å². The lowest BCUT2D eigenvalue weighted by Gasteiger charge is -2.28. The molecule has 0 radical (unpaired) electrons. The van der Waals surface area contributed by atoms with Gasteiger partial charge in [0.1, 0.15) is 6.54 Å². The van der Waals surface area contributed by atoms with Crippen molar-refractivity contribution >= 4 is 40.2 Å². The molecule has 1 fully saturated rings. The summed E-state index contributed by atoms with van der Waals surface area (Å²) in [5, 5.41) is 2.99. The average molecular weight is 379 g/mol. The van der Waals surface area contributed by atoms with Crippen molar-refractivity contribution < 1.29 is 9.69 Å². The Bertz CT molecular complexity index is 695. The van der Waals surface area contributed by atoms with Gasteiger partial charge in [0.2, 0.25) is 0 Å². The summed E-state index contributed by atoms with van der Waals surface area (Å²) in [5.41, 5.74) is 2.10. The fraction of sp³-hybridized carbons (Fsp3) is 0.421. The number of benzene rings is 1. The van der Waals surface area contributed by atoms with Crippen molar-refractivity contribution in [2.45, 2.75) is 25.8 Å². The van der Waals surface area contributed by atoms with Crippen LogP contribution in [0.25, 0.3) is 0 Å². The summed E-state index contributed by atoms with van der Waals surface area (Å²) < 4.78 is 0.793. The third-order valence-electron chi connectivity index (χ3n) is 4.44. The third-order valence-corrected chi connectivity index (χ3v) is 5.67. The van der Waals surface area contributed by atoms with Crippen molar-refractivity contribution in [1.29, 1.82) is 0 Å². The highest BCUT2D eigenvalue weighted by Gasteiger charge is 2.13. The van der Waals surface area contributed by atoms with Gasteiger partial charge in [0.05, 0.1) is 16.3 Å². The Hall–Kier alpha value is -1.56. The molecule has 134 valence electrons. The second kappa shape index (κ2) is 8.70. The maximum absolute atomic E-state index is 12.2. The molecule has 0 spiro atoms. The van der Waals surface area contributed by atoms with E-state index in [1.54, 1.807) is 11.3 Å². The quantitative estimate of drug-likeness (QED) is 0.810. The molecular formula is C19H25ClN3OS+. The van der Waals surface area contributed by atoms with Crippen molar-refractivity contribution in [2.75, 3.05) is 36.9 Å². The highest BCUT2D eigenvalue weighted by Crippen LogP contribution is 2.22. The maximum Gasteiger partial charge on any atom is 0.279 e. The molecule has 1 aliphatic rings. The van der Waals surface area contributed by atoms with Crippen molar-refractivity contribution in [3.8, 4) is 0 Å².